The van der Waals surface area contributed by atoms with Gasteiger partial charge in [-0.1, -0.05) is 19.9 Å². The summed E-state index contributed by atoms with van der Waals surface area (Å²) < 4.78 is 0. The highest BCUT2D eigenvalue weighted by Gasteiger charge is 2.52. The van der Waals surface area contributed by atoms with Gasteiger partial charge >= 0.3 is 0 Å². The lowest BCUT2D eigenvalue weighted by Gasteiger charge is -2.32. The number of fused-ring (bicyclic) bond motifs is 1. The molecule has 1 saturated heterocycles. The molecule has 1 fully saturated rings. The standard InChI is InChI=1S/C20H23N5O/c1-13-22-10-15(11-23-13)14-5-6-16-17(9-14)25(19(26)20(16,2)3)18-12-21-7-8-24(18)4/h5,7,9-12,16H,6,8H2,1-4H3. The lowest BCUT2D eigenvalue weighted by Crippen LogP contribution is -2.38. The number of hydrogen-bond donors (Lipinski definition) is 0. The summed E-state index contributed by atoms with van der Waals surface area (Å²) in [6.45, 7) is 6.64. The SMILES string of the molecule is Cc1ncc(C2=CCC3C(=C2)N(C2=CN=CCN2C)C(=O)C3(C)C)cn1. The minimum absolute atomic E-state index is 0.124. The second-order valence-corrected chi connectivity index (χ2v) is 7.60. The first-order valence-corrected chi connectivity index (χ1v) is 8.88. The van der Waals surface area contributed by atoms with Gasteiger partial charge in [0.05, 0.1) is 18.2 Å². The Morgan fingerprint density at radius 1 is 1.23 bits per heavy atom. The molecule has 0 saturated carbocycles. The number of aromatic nitrogens is 2. The Kier molecular flexibility index (Phi) is 3.79. The van der Waals surface area contributed by atoms with Crippen molar-refractivity contribution in [1.29, 1.82) is 0 Å². The van der Waals surface area contributed by atoms with Crippen molar-refractivity contribution in [2.45, 2.75) is 27.2 Å². The number of rotatable bonds is 2. The molecule has 6 nitrogen and oxygen atoms in total. The molecule has 1 aromatic rings. The number of aliphatic imine (C=N–C) groups is 1. The minimum Gasteiger partial charge on any atom is -0.354 e. The van der Waals surface area contributed by atoms with Gasteiger partial charge < -0.3 is 4.90 Å². The smallest absolute Gasteiger partial charge is 0.238 e. The molecule has 1 aliphatic carbocycles. The average molecular weight is 349 g/mol. The van der Waals surface area contributed by atoms with E-state index in [1.165, 1.54) is 0 Å². The summed E-state index contributed by atoms with van der Waals surface area (Å²) in [5, 5.41) is 0. The molecule has 3 aliphatic rings. The van der Waals surface area contributed by atoms with E-state index in [0.717, 1.165) is 34.9 Å². The van der Waals surface area contributed by atoms with Crippen LogP contribution in [0.25, 0.3) is 5.57 Å². The highest BCUT2D eigenvalue weighted by molar-refractivity contribution is 5.91. The number of aryl methyl sites for hydroxylation is 1. The first kappa shape index (κ1) is 16.7. The fourth-order valence-corrected chi connectivity index (χ4v) is 3.81. The van der Waals surface area contributed by atoms with Gasteiger partial charge in [0.25, 0.3) is 0 Å². The van der Waals surface area contributed by atoms with Gasteiger partial charge in [0.1, 0.15) is 11.6 Å². The summed E-state index contributed by atoms with van der Waals surface area (Å²) in [5.41, 5.74) is 2.63. The van der Waals surface area contributed by atoms with Crippen molar-refractivity contribution in [3.05, 3.63) is 53.7 Å². The molecular formula is C20H23N5O. The van der Waals surface area contributed by atoms with Crippen LogP contribution in [0.5, 0.6) is 0 Å². The Morgan fingerprint density at radius 3 is 2.65 bits per heavy atom. The number of hydrogen-bond acceptors (Lipinski definition) is 5. The molecule has 1 atom stereocenters. The van der Waals surface area contributed by atoms with Crippen LogP contribution in [-0.2, 0) is 4.79 Å². The van der Waals surface area contributed by atoms with E-state index in [0.29, 0.717) is 6.54 Å². The molecule has 4 rings (SSSR count). The van der Waals surface area contributed by atoms with Gasteiger partial charge in [-0.15, -0.1) is 0 Å². The highest BCUT2D eigenvalue weighted by atomic mass is 16.2. The fraction of sp³-hybridized carbons (Fsp3) is 0.400. The zero-order chi connectivity index (χ0) is 18.5. The van der Waals surface area contributed by atoms with Crippen LogP contribution in [0.3, 0.4) is 0 Å². The van der Waals surface area contributed by atoms with Gasteiger partial charge in [-0.2, -0.15) is 0 Å². The van der Waals surface area contributed by atoms with Crippen LogP contribution < -0.4 is 0 Å². The maximum Gasteiger partial charge on any atom is 0.238 e. The summed E-state index contributed by atoms with van der Waals surface area (Å²) in [5.74, 6) is 1.87. The predicted octanol–water partition coefficient (Wildman–Crippen LogP) is 2.76. The van der Waals surface area contributed by atoms with E-state index in [4.69, 9.17) is 0 Å². The number of carbonyl (C=O) groups is 1. The van der Waals surface area contributed by atoms with E-state index in [1.54, 1.807) is 6.20 Å². The summed E-state index contributed by atoms with van der Waals surface area (Å²) >= 11 is 0. The number of amides is 1. The summed E-state index contributed by atoms with van der Waals surface area (Å²) in [6.07, 6.45) is 12.4. The molecule has 0 N–H and O–H groups in total. The molecule has 26 heavy (non-hydrogen) atoms. The molecule has 0 aromatic carbocycles. The summed E-state index contributed by atoms with van der Waals surface area (Å²) in [7, 11) is 1.98. The number of nitrogens with zero attached hydrogens (tertiary/aromatic N) is 5. The van der Waals surface area contributed by atoms with Crippen LogP contribution >= 0.6 is 0 Å². The van der Waals surface area contributed by atoms with Gasteiger partial charge in [0.15, 0.2) is 0 Å². The maximum atomic E-state index is 13.2. The van der Waals surface area contributed by atoms with Gasteiger partial charge in [0.2, 0.25) is 5.91 Å². The van der Waals surface area contributed by atoms with Gasteiger partial charge in [-0.3, -0.25) is 14.7 Å². The van der Waals surface area contributed by atoms with Crippen molar-refractivity contribution in [2.75, 3.05) is 13.6 Å². The minimum atomic E-state index is -0.444. The third-order valence-electron chi connectivity index (χ3n) is 5.50. The third kappa shape index (κ3) is 2.48. The Hall–Kier alpha value is -2.76. The van der Waals surface area contributed by atoms with Crippen LogP contribution in [0.2, 0.25) is 0 Å². The molecule has 0 bridgehead atoms. The monoisotopic (exact) mass is 349 g/mol. The van der Waals surface area contributed by atoms with Crippen LogP contribution in [-0.4, -0.2) is 45.5 Å². The van der Waals surface area contributed by atoms with E-state index in [-0.39, 0.29) is 11.8 Å². The Labute approximate surface area is 153 Å². The average Bonchev–Trinajstić information content (AvgIpc) is 2.82. The van der Waals surface area contributed by atoms with Crippen LogP contribution in [0.15, 0.2) is 47.3 Å². The van der Waals surface area contributed by atoms with Crippen molar-refractivity contribution in [3.8, 4) is 0 Å². The van der Waals surface area contributed by atoms with E-state index >= 15 is 0 Å². The summed E-state index contributed by atoms with van der Waals surface area (Å²) in [4.78, 5) is 30.0. The highest BCUT2D eigenvalue weighted by Crippen LogP contribution is 2.50. The lowest BCUT2D eigenvalue weighted by molar-refractivity contribution is -0.134. The quantitative estimate of drug-likeness (QED) is 0.824. The zero-order valence-electron chi connectivity index (χ0n) is 15.6. The van der Waals surface area contributed by atoms with Crippen molar-refractivity contribution in [3.63, 3.8) is 0 Å². The van der Waals surface area contributed by atoms with E-state index in [2.05, 4.69) is 32.0 Å². The van der Waals surface area contributed by atoms with E-state index in [1.807, 2.05) is 51.3 Å². The number of allylic oxidation sites excluding steroid dienone is 4. The molecule has 0 spiro atoms. The first-order valence-electron chi connectivity index (χ1n) is 8.88. The van der Waals surface area contributed by atoms with Crippen LogP contribution in [0, 0.1) is 18.3 Å². The second-order valence-electron chi connectivity index (χ2n) is 7.60. The van der Waals surface area contributed by atoms with Crippen molar-refractivity contribution in [2.24, 2.45) is 16.3 Å². The Balaban J connectivity index is 1.78. The molecule has 3 heterocycles. The van der Waals surface area contributed by atoms with Crippen molar-refractivity contribution < 1.29 is 4.79 Å². The first-order chi connectivity index (χ1) is 12.4. The molecule has 6 heteroatoms. The van der Waals surface area contributed by atoms with Crippen molar-refractivity contribution >= 4 is 17.7 Å². The third-order valence-corrected chi connectivity index (χ3v) is 5.50. The maximum absolute atomic E-state index is 13.2. The predicted molar refractivity (Wildman–Crippen MR) is 101 cm³/mol. The Bertz CT molecular complexity index is 876. The topological polar surface area (TPSA) is 61.7 Å². The molecule has 1 unspecified atom stereocenters. The van der Waals surface area contributed by atoms with Gasteiger partial charge in [-0.25, -0.2) is 9.97 Å². The number of carbonyl (C=O) groups excluding carboxylic acids is 1. The largest absolute Gasteiger partial charge is 0.354 e. The van der Waals surface area contributed by atoms with E-state index < -0.39 is 5.41 Å². The molecule has 2 aliphatic heterocycles. The van der Waals surface area contributed by atoms with Gasteiger partial charge in [-0.05, 0) is 25.0 Å². The number of likely N-dealkylation sites (tertiary alicyclic amines) is 1. The van der Waals surface area contributed by atoms with Crippen LogP contribution in [0.4, 0.5) is 0 Å². The summed E-state index contributed by atoms with van der Waals surface area (Å²) in [6, 6.07) is 0. The Morgan fingerprint density at radius 2 is 1.96 bits per heavy atom. The molecular weight excluding hydrogens is 326 g/mol. The van der Waals surface area contributed by atoms with Crippen molar-refractivity contribution in [1.82, 2.24) is 19.8 Å². The fourth-order valence-electron chi connectivity index (χ4n) is 3.81. The normalized spacial score (nSPS) is 24.2. The molecule has 1 amide bonds. The van der Waals surface area contributed by atoms with E-state index in [9.17, 15) is 4.79 Å². The molecule has 1 aromatic heterocycles. The zero-order valence-corrected chi connectivity index (χ0v) is 15.6. The molecule has 134 valence electrons. The van der Waals surface area contributed by atoms with Gasteiger partial charge in [0, 0.05) is 42.8 Å². The van der Waals surface area contributed by atoms with Crippen LogP contribution in [0.1, 0.15) is 31.7 Å². The lowest BCUT2D eigenvalue weighted by atomic mass is 9.75. The molecule has 0 radical (unpaired) electrons. The second kappa shape index (κ2) is 5.90.